The number of hydrogen-bond acceptors (Lipinski definition) is 10. The summed E-state index contributed by atoms with van der Waals surface area (Å²) in [6.07, 6.45) is 1.77. The lowest BCUT2D eigenvalue weighted by Crippen LogP contribution is -2.52. The molecule has 12 nitrogen and oxygen atoms in total. The Kier molecular flexibility index (Phi) is 19.1. The monoisotopic (exact) mass is 823 g/mol. The number of rotatable bonds is 25. The van der Waals surface area contributed by atoms with Gasteiger partial charge in [-0.3, -0.25) is 4.79 Å². The number of benzene rings is 4. The number of hydrogen-bond donors (Lipinski definition) is 4. The fourth-order valence-corrected chi connectivity index (χ4v) is 5.78. The summed E-state index contributed by atoms with van der Waals surface area (Å²) >= 11 is 12.2. The molecule has 4 aromatic rings. The number of nitrogens with one attached hydrogen (secondary N) is 2. The minimum atomic E-state index is -2.02. The third-order valence-electron chi connectivity index (χ3n) is 8.38. The van der Waals surface area contributed by atoms with Crippen LogP contribution < -0.4 is 29.7 Å². The molecule has 57 heavy (non-hydrogen) atoms. The van der Waals surface area contributed by atoms with E-state index in [1.165, 1.54) is 36.2 Å². The number of amides is 3. The van der Waals surface area contributed by atoms with E-state index in [0.29, 0.717) is 56.8 Å². The molecular formula is C43H51Cl2N3O9. The largest absolute Gasteiger partial charge is 0.491 e. The van der Waals surface area contributed by atoms with Crippen molar-refractivity contribution in [3.8, 4) is 17.2 Å². The van der Waals surface area contributed by atoms with Crippen molar-refractivity contribution in [2.45, 2.75) is 31.5 Å². The van der Waals surface area contributed by atoms with Crippen LogP contribution in [0.1, 0.15) is 18.1 Å². The Balaban J connectivity index is 1.10. The molecule has 14 heteroatoms. The van der Waals surface area contributed by atoms with Gasteiger partial charge in [-0.25, -0.2) is 9.69 Å². The highest BCUT2D eigenvalue weighted by Gasteiger charge is 2.36. The van der Waals surface area contributed by atoms with Crippen molar-refractivity contribution in [2.75, 3.05) is 70.8 Å². The maximum atomic E-state index is 13.0. The SMILES string of the molecule is C=CC(C)(O)C(=O)N(C(=O)NCCOCCOCCNCC(O)COc1ccc(OCCc2ccccc2)c(OCCc2ccccc2)c1)c1cc(Cl)cc(Cl)c1. The van der Waals surface area contributed by atoms with E-state index in [0.717, 1.165) is 23.8 Å². The van der Waals surface area contributed by atoms with E-state index in [9.17, 15) is 19.8 Å². The van der Waals surface area contributed by atoms with Crippen molar-refractivity contribution < 1.29 is 43.5 Å². The molecule has 3 amide bonds. The molecule has 4 rings (SSSR count). The van der Waals surface area contributed by atoms with Crippen LogP contribution in [0.2, 0.25) is 10.0 Å². The number of urea groups is 1. The number of nitrogens with zero attached hydrogens (tertiary/aromatic N) is 1. The topological polar surface area (TPSA) is 148 Å². The van der Waals surface area contributed by atoms with Crippen molar-refractivity contribution in [3.05, 3.63) is 131 Å². The lowest BCUT2D eigenvalue weighted by molar-refractivity contribution is -0.130. The molecule has 0 bridgehead atoms. The van der Waals surface area contributed by atoms with Gasteiger partial charge < -0.3 is 44.5 Å². The predicted molar refractivity (Wildman–Crippen MR) is 222 cm³/mol. The van der Waals surface area contributed by atoms with Crippen LogP contribution in [0.25, 0.3) is 0 Å². The summed E-state index contributed by atoms with van der Waals surface area (Å²) in [5.41, 5.74) is 0.426. The lowest BCUT2D eigenvalue weighted by Gasteiger charge is -2.28. The molecule has 0 fully saturated rings. The number of anilines is 1. The van der Waals surface area contributed by atoms with E-state index in [1.54, 1.807) is 12.1 Å². The first kappa shape index (κ1) is 45.0. The number of ether oxygens (including phenoxy) is 5. The molecule has 0 aliphatic heterocycles. The zero-order chi connectivity index (χ0) is 40.9. The van der Waals surface area contributed by atoms with Crippen LogP contribution in [-0.2, 0) is 27.1 Å². The second-order valence-electron chi connectivity index (χ2n) is 13.0. The summed E-state index contributed by atoms with van der Waals surface area (Å²) in [7, 11) is 0. The highest BCUT2D eigenvalue weighted by atomic mass is 35.5. The first-order valence-electron chi connectivity index (χ1n) is 18.6. The maximum absolute atomic E-state index is 13.0. The quantitative estimate of drug-likeness (QED) is 0.0445. The second-order valence-corrected chi connectivity index (χ2v) is 13.9. The molecule has 0 radical (unpaired) electrons. The molecule has 0 aromatic heterocycles. The van der Waals surface area contributed by atoms with Crippen LogP contribution in [-0.4, -0.2) is 99.7 Å². The van der Waals surface area contributed by atoms with Crippen molar-refractivity contribution in [2.24, 2.45) is 0 Å². The van der Waals surface area contributed by atoms with Crippen molar-refractivity contribution in [1.29, 1.82) is 0 Å². The Labute approximate surface area is 344 Å². The Morgan fingerprint density at radius 3 is 1.95 bits per heavy atom. The average Bonchev–Trinajstić information content (AvgIpc) is 3.20. The van der Waals surface area contributed by atoms with Crippen LogP contribution in [0.3, 0.4) is 0 Å². The van der Waals surface area contributed by atoms with Gasteiger partial charge >= 0.3 is 6.03 Å². The smallest absolute Gasteiger partial charge is 0.328 e. The third kappa shape index (κ3) is 16.0. The number of carbonyl (C=O) groups is 2. The van der Waals surface area contributed by atoms with Gasteiger partial charge in [0, 0.05) is 48.6 Å². The molecule has 0 aliphatic carbocycles. The Bertz CT molecular complexity index is 1810. The van der Waals surface area contributed by atoms with E-state index in [4.69, 9.17) is 46.9 Å². The Hall–Kier alpha value is -4.66. The van der Waals surface area contributed by atoms with Gasteiger partial charge in [0.05, 0.1) is 45.3 Å². The summed E-state index contributed by atoms with van der Waals surface area (Å²) in [5, 5.41) is 27.1. The van der Waals surface area contributed by atoms with E-state index in [-0.39, 0.29) is 42.1 Å². The van der Waals surface area contributed by atoms with E-state index in [1.807, 2.05) is 42.5 Å². The molecule has 2 unspecified atom stereocenters. The lowest BCUT2D eigenvalue weighted by atomic mass is 10.1. The standard InChI is InChI=1S/C43H51Cl2N3O9/c1-3-43(2,52)41(50)48(36-27-34(44)26-35(45)28-36)42(51)47-19-23-54-25-24-53-22-18-46-30-37(49)31-57-38-14-15-39(55-20-16-32-10-6-4-7-11-32)40(29-38)56-21-17-33-12-8-5-9-13-33/h3-15,26-29,37,46,49,52H,1,16-25,30-31H2,2H3,(H,47,51). The van der Waals surface area contributed by atoms with Gasteiger partial charge in [0.1, 0.15) is 18.5 Å². The van der Waals surface area contributed by atoms with E-state index < -0.39 is 23.6 Å². The van der Waals surface area contributed by atoms with Crippen LogP contribution in [0, 0.1) is 0 Å². The van der Waals surface area contributed by atoms with Crippen molar-refractivity contribution >= 4 is 40.8 Å². The number of aliphatic hydroxyl groups is 2. The molecule has 0 spiro atoms. The molecular weight excluding hydrogens is 773 g/mol. The van der Waals surface area contributed by atoms with Gasteiger partial charge in [-0.15, -0.1) is 0 Å². The van der Waals surface area contributed by atoms with Gasteiger partial charge in [0.2, 0.25) is 0 Å². The molecule has 0 heterocycles. The molecule has 2 atom stereocenters. The summed E-state index contributed by atoms with van der Waals surface area (Å²) in [4.78, 5) is 26.7. The fraction of sp³-hybridized carbons (Fsp3) is 0.349. The van der Waals surface area contributed by atoms with Gasteiger partial charge in [0.25, 0.3) is 5.91 Å². The molecule has 306 valence electrons. The summed E-state index contributed by atoms with van der Waals surface area (Å²) in [5.74, 6) is 0.824. The van der Waals surface area contributed by atoms with Gasteiger partial charge in [0.15, 0.2) is 17.1 Å². The zero-order valence-electron chi connectivity index (χ0n) is 32.0. The summed E-state index contributed by atoms with van der Waals surface area (Å²) < 4.78 is 29.2. The van der Waals surface area contributed by atoms with Crippen molar-refractivity contribution in [3.63, 3.8) is 0 Å². The molecule has 0 aliphatic rings. The summed E-state index contributed by atoms with van der Waals surface area (Å²) in [6, 6.07) is 29.1. The molecule has 4 N–H and O–H groups in total. The number of halogens is 2. The number of carbonyl (C=O) groups excluding carboxylic acids is 2. The number of aliphatic hydroxyl groups excluding tert-OH is 1. The molecule has 4 aromatic carbocycles. The number of imide groups is 1. The van der Waals surface area contributed by atoms with Gasteiger partial charge in [-0.2, -0.15) is 0 Å². The fourth-order valence-electron chi connectivity index (χ4n) is 5.26. The predicted octanol–water partition coefficient (Wildman–Crippen LogP) is 6.28. The highest BCUT2D eigenvalue weighted by molar-refractivity contribution is 6.35. The average molecular weight is 825 g/mol. The third-order valence-corrected chi connectivity index (χ3v) is 8.82. The van der Waals surface area contributed by atoms with Crippen LogP contribution in [0.15, 0.2) is 110 Å². The second kappa shape index (κ2) is 24.2. The minimum Gasteiger partial charge on any atom is -0.491 e. The molecule has 0 saturated heterocycles. The first-order valence-corrected chi connectivity index (χ1v) is 19.4. The summed E-state index contributed by atoms with van der Waals surface area (Å²) in [6.45, 7) is 7.67. The maximum Gasteiger partial charge on any atom is 0.328 e. The van der Waals surface area contributed by atoms with Crippen LogP contribution in [0.4, 0.5) is 10.5 Å². The Morgan fingerprint density at radius 1 is 0.772 bits per heavy atom. The van der Waals surface area contributed by atoms with Crippen molar-refractivity contribution in [1.82, 2.24) is 10.6 Å². The van der Waals surface area contributed by atoms with Crippen LogP contribution >= 0.6 is 23.2 Å². The van der Waals surface area contributed by atoms with E-state index in [2.05, 4.69) is 41.5 Å². The van der Waals surface area contributed by atoms with E-state index >= 15 is 0 Å². The Morgan fingerprint density at radius 2 is 1.35 bits per heavy atom. The van der Waals surface area contributed by atoms with Gasteiger partial charge in [-0.05, 0) is 48.4 Å². The highest BCUT2D eigenvalue weighted by Crippen LogP contribution is 2.32. The van der Waals surface area contributed by atoms with Crippen LogP contribution in [0.5, 0.6) is 17.2 Å². The first-order chi connectivity index (χ1) is 27.6. The molecule has 0 saturated carbocycles. The minimum absolute atomic E-state index is 0.0717. The zero-order valence-corrected chi connectivity index (χ0v) is 33.6. The normalized spacial score (nSPS) is 12.6. The van der Waals surface area contributed by atoms with Gasteiger partial charge in [-0.1, -0.05) is 96.5 Å².